The second-order valence-corrected chi connectivity index (χ2v) is 6.66. The van der Waals surface area contributed by atoms with Crippen LogP contribution in [0, 0.1) is 12.7 Å². The van der Waals surface area contributed by atoms with Crippen LogP contribution in [0.2, 0.25) is 0 Å². The zero-order chi connectivity index (χ0) is 19.4. The topological polar surface area (TPSA) is 45.5 Å². The molecule has 1 heterocycles. The zero-order valence-electron chi connectivity index (χ0n) is 16.0. The van der Waals surface area contributed by atoms with Gasteiger partial charge in [-0.15, -0.1) is 0 Å². The molecule has 0 aliphatic rings. The lowest BCUT2D eigenvalue weighted by Crippen LogP contribution is -2.23. The van der Waals surface area contributed by atoms with E-state index in [1.807, 2.05) is 12.1 Å². The van der Waals surface area contributed by atoms with Gasteiger partial charge in [-0.1, -0.05) is 38.1 Å². The summed E-state index contributed by atoms with van der Waals surface area (Å²) in [5, 5.41) is 3.50. The number of fused-ring (bicyclic) bond motifs is 1. The van der Waals surface area contributed by atoms with E-state index in [1.54, 1.807) is 13.0 Å². The summed E-state index contributed by atoms with van der Waals surface area (Å²) in [4.78, 5) is 14.8. The van der Waals surface area contributed by atoms with Gasteiger partial charge in [-0.3, -0.25) is 9.69 Å². The fourth-order valence-corrected chi connectivity index (χ4v) is 3.14. The summed E-state index contributed by atoms with van der Waals surface area (Å²) in [5.41, 5.74) is 3.44. The Morgan fingerprint density at radius 3 is 2.41 bits per heavy atom. The fourth-order valence-electron chi connectivity index (χ4n) is 3.14. The number of nitrogens with zero attached hydrogens (tertiary/aromatic N) is 1. The summed E-state index contributed by atoms with van der Waals surface area (Å²) >= 11 is 0. The van der Waals surface area contributed by atoms with Crippen molar-refractivity contribution in [3.63, 3.8) is 0 Å². The first-order valence-electron chi connectivity index (χ1n) is 9.28. The van der Waals surface area contributed by atoms with E-state index in [1.165, 1.54) is 17.7 Å². The minimum Gasteiger partial charge on any atom is -0.451 e. The van der Waals surface area contributed by atoms with Crippen LogP contribution in [0.15, 0.2) is 46.9 Å². The average Bonchev–Trinajstić information content (AvgIpc) is 3.01. The van der Waals surface area contributed by atoms with E-state index in [0.717, 1.165) is 25.2 Å². The smallest absolute Gasteiger partial charge is 0.287 e. The molecule has 27 heavy (non-hydrogen) atoms. The van der Waals surface area contributed by atoms with Crippen LogP contribution in [0.3, 0.4) is 0 Å². The Kier molecular flexibility index (Phi) is 5.91. The zero-order valence-corrected chi connectivity index (χ0v) is 16.0. The molecule has 3 rings (SSSR count). The lowest BCUT2D eigenvalue weighted by molar-refractivity contribution is 0.0924. The van der Waals surface area contributed by atoms with Crippen LogP contribution in [-0.4, -0.2) is 23.9 Å². The van der Waals surface area contributed by atoms with Gasteiger partial charge in [0.05, 0.1) is 0 Å². The van der Waals surface area contributed by atoms with Crippen molar-refractivity contribution in [2.24, 2.45) is 0 Å². The summed E-state index contributed by atoms with van der Waals surface area (Å²) in [6, 6.07) is 12.5. The summed E-state index contributed by atoms with van der Waals surface area (Å²) in [6.45, 7) is 9.46. The number of amides is 1. The van der Waals surface area contributed by atoms with Crippen molar-refractivity contribution in [1.82, 2.24) is 10.2 Å². The van der Waals surface area contributed by atoms with Gasteiger partial charge in [0.15, 0.2) is 5.76 Å². The quantitative estimate of drug-likeness (QED) is 0.660. The van der Waals surface area contributed by atoms with Gasteiger partial charge in [-0.25, -0.2) is 4.39 Å². The number of nitrogens with one attached hydrogen (secondary N) is 1. The largest absolute Gasteiger partial charge is 0.451 e. The van der Waals surface area contributed by atoms with Crippen LogP contribution in [0.1, 0.15) is 41.1 Å². The summed E-state index contributed by atoms with van der Waals surface area (Å²) in [7, 11) is 0. The number of aryl methyl sites for hydroxylation is 1. The van der Waals surface area contributed by atoms with Gasteiger partial charge in [0.25, 0.3) is 5.91 Å². The number of rotatable bonds is 7. The molecule has 4 nitrogen and oxygen atoms in total. The monoisotopic (exact) mass is 368 g/mol. The molecule has 5 heteroatoms. The molecular weight excluding hydrogens is 343 g/mol. The van der Waals surface area contributed by atoms with E-state index in [9.17, 15) is 9.18 Å². The Morgan fingerprint density at radius 2 is 1.74 bits per heavy atom. The predicted octanol–water partition coefficient (Wildman–Crippen LogP) is 4.65. The second kappa shape index (κ2) is 8.35. The van der Waals surface area contributed by atoms with Crippen molar-refractivity contribution >= 4 is 16.9 Å². The lowest BCUT2D eigenvalue weighted by Gasteiger charge is -2.18. The molecule has 0 spiro atoms. The van der Waals surface area contributed by atoms with Crippen LogP contribution in [0.25, 0.3) is 11.0 Å². The van der Waals surface area contributed by atoms with E-state index >= 15 is 0 Å². The maximum Gasteiger partial charge on any atom is 0.287 e. The van der Waals surface area contributed by atoms with Crippen molar-refractivity contribution < 1.29 is 13.6 Å². The standard InChI is InChI=1S/C22H25FN2O2/c1-4-25(5-2)14-17-8-6-16(7-9-17)13-24-22(26)21-15(3)19-12-18(23)10-11-20(19)27-21/h6-12H,4-5,13-14H2,1-3H3,(H,24,26). The Labute approximate surface area is 159 Å². The first-order chi connectivity index (χ1) is 13.0. The third kappa shape index (κ3) is 4.37. The molecule has 0 atom stereocenters. The van der Waals surface area contributed by atoms with Crippen LogP contribution in [0.5, 0.6) is 0 Å². The summed E-state index contributed by atoms with van der Waals surface area (Å²) < 4.78 is 19.0. The summed E-state index contributed by atoms with van der Waals surface area (Å²) in [5.74, 6) is -0.409. The number of benzene rings is 2. The molecule has 1 aromatic heterocycles. The highest BCUT2D eigenvalue weighted by atomic mass is 19.1. The molecular formula is C22H25FN2O2. The van der Waals surface area contributed by atoms with Gasteiger partial charge in [0.1, 0.15) is 11.4 Å². The van der Waals surface area contributed by atoms with Gasteiger partial charge in [-0.05, 0) is 49.3 Å². The van der Waals surface area contributed by atoms with E-state index < -0.39 is 0 Å². The van der Waals surface area contributed by atoms with E-state index in [-0.39, 0.29) is 17.5 Å². The first-order valence-corrected chi connectivity index (χ1v) is 9.28. The molecule has 0 unspecified atom stereocenters. The van der Waals surface area contributed by atoms with Crippen molar-refractivity contribution in [3.8, 4) is 0 Å². The van der Waals surface area contributed by atoms with Crippen LogP contribution < -0.4 is 5.32 Å². The van der Waals surface area contributed by atoms with Gasteiger partial charge in [0.2, 0.25) is 0 Å². The SMILES string of the molecule is CCN(CC)Cc1ccc(CNC(=O)c2oc3ccc(F)cc3c2C)cc1. The van der Waals surface area contributed by atoms with Crippen LogP contribution >= 0.6 is 0 Å². The number of hydrogen-bond donors (Lipinski definition) is 1. The molecule has 1 amide bonds. The number of carbonyl (C=O) groups is 1. The van der Waals surface area contributed by atoms with E-state index in [4.69, 9.17) is 4.42 Å². The van der Waals surface area contributed by atoms with Crippen molar-refractivity contribution in [3.05, 3.63) is 70.7 Å². The van der Waals surface area contributed by atoms with Gasteiger partial charge >= 0.3 is 0 Å². The highest BCUT2D eigenvalue weighted by Gasteiger charge is 2.17. The van der Waals surface area contributed by atoms with Crippen molar-refractivity contribution in [1.29, 1.82) is 0 Å². The first kappa shape index (κ1) is 19.1. The molecule has 2 aromatic carbocycles. The van der Waals surface area contributed by atoms with Gasteiger partial charge < -0.3 is 9.73 Å². The fraction of sp³-hybridized carbons (Fsp3) is 0.318. The number of carbonyl (C=O) groups excluding carboxylic acids is 1. The highest BCUT2D eigenvalue weighted by Crippen LogP contribution is 2.26. The average molecular weight is 368 g/mol. The molecule has 0 aliphatic heterocycles. The molecule has 0 radical (unpaired) electrons. The Bertz CT molecular complexity index is 927. The van der Waals surface area contributed by atoms with Gasteiger partial charge in [0, 0.05) is 24.0 Å². The lowest BCUT2D eigenvalue weighted by atomic mass is 10.1. The molecule has 0 saturated carbocycles. The predicted molar refractivity (Wildman–Crippen MR) is 105 cm³/mol. The Hall–Kier alpha value is -2.66. The van der Waals surface area contributed by atoms with Crippen LogP contribution in [-0.2, 0) is 13.1 Å². The Balaban J connectivity index is 1.65. The van der Waals surface area contributed by atoms with E-state index in [0.29, 0.717) is 23.1 Å². The maximum absolute atomic E-state index is 13.4. The Morgan fingerprint density at radius 1 is 1.07 bits per heavy atom. The molecule has 1 N–H and O–H groups in total. The second-order valence-electron chi connectivity index (χ2n) is 6.66. The molecule has 0 fully saturated rings. The van der Waals surface area contributed by atoms with Crippen molar-refractivity contribution in [2.75, 3.05) is 13.1 Å². The minimum absolute atomic E-state index is 0.230. The van der Waals surface area contributed by atoms with Crippen molar-refractivity contribution in [2.45, 2.75) is 33.9 Å². The highest BCUT2D eigenvalue weighted by molar-refractivity contribution is 5.98. The molecule has 142 valence electrons. The maximum atomic E-state index is 13.4. The van der Waals surface area contributed by atoms with Gasteiger partial charge in [-0.2, -0.15) is 0 Å². The molecule has 0 aliphatic carbocycles. The minimum atomic E-state index is -0.344. The normalized spacial score (nSPS) is 11.3. The third-order valence-electron chi connectivity index (χ3n) is 4.88. The number of hydrogen-bond acceptors (Lipinski definition) is 3. The molecule has 0 saturated heterocycles. The summed E-state index contributed by atoms with van der Waals surface area (Å²) in [6.07, 6.45) is 0. The number of halogens is 1. The third-order valence-corrected chi connectivity index (χ3v) is 4.88. The molecule has 0 bridgehead atoms. The number of furan rings is 1. The van der Waals surface area contributed by atoms with E-state index in [2.05, 4.69) is 36.2 Å². The van der Waals surface area contributed by atoms with Crippen LogP contribution in [0.4, 0.5) is 4.39 Å². The molecule has 3 aromatic rings.